The fraction of sp³-hybridized carbons (Fsp3) is 0.286. The second-order valence-corrected chi connectivity index (χ2v) is 5.93. The number of primary amides is 2. The van der Waals surface area contributed by atoms with E-state index in [1.807, 2.05) is 60.7 Å². The molecule has 0 aromatic heterocycles. The van der Waals surface area contributed by atoms with Gasteiger partial charge in [-0.25, -0.2) is 9.59 Å². The summed E-state index contributed by atoms with van der Waals surface area (Å²) in [6.45, 7) is 0.679. The predicted molar refractivity (Wildman–Crippen MR) is 110 cm³/mol. The van der Waals surface area contributed by atoms with Crippen LogP contribution in [-0.4, -0.2) is 36.3 Å². The predicted octanol–water partition coefficient (Wildman–Crippen LogP) is 3.65. The summed E-state index contributed by atoms with van der Waals surface area (Å²) in [5.74, 6) is 0. The average Bonchev–Trinajstić information content (AvgIpc) is 2.72. The molecule has 8 heteroatoms. The van der Waals surface area contributed by atoms with Gasteiger partial charge in [-0.05, 0) is 25.7 Å². The van der Waals surface area contributed by atoms with Gasteiger partial charge in [-0.3, -0.25) is 0 Å². The van der Waals surface area contributed by atoms with Crippen LogP contribution in [0.3, 0.4) is 0 Å². The summed E-state index contributed by atoms with van der Waals surface area (Å²) in [6, 6.07) is 19.2. The Balaban J connectivity index is 0.000000291. The molecule has 0 aliphatic rings. The summed E-state index contributed by atoms with van der Waals surface area (Å²) in [5.41, 5.74) is 11.9. The van der Waals surface area contributed by atoms with Crippen molar-refractivity contribution in [3.05, 3.63) is 71.8 Å². The van der Waals surface area contributed by atoms with Gasteiger partial charge in [0.2, 0.25) is 0 Å². The minimum absolute atomic E-state index is 0.339. The fourth-order valence-corrected chi connectivity index (χ4v) is 2.38. The second kappa shape index (κ2) is 14.5. The molecule has 0 bridgehead atoms. The third kappa shape index (κ3) is 11.0. The molecule has 2 amide bonds. The fourth-order valence-electron chi connectivity index (χ4n) is 2.38. The van der Waals surface area contributed by atoms with Crippen molar-refractivity contribution >= 4 is 17.9 Å². The van der Waals surface area contributed by atoms with E-state index in [0.29, 0.717) is 18.9 Å². The number of rotatable bonds is 9. The number of hydrogen-bond donors (Lipinski definition) is 3. The van der Waals surface area contributed by atoms with Gasteiger partial charge in [0, 0.05) is 11.1 Å². The van der Waals surface area contributed by atoms with E-state index in [1.54, 1.807) is 0 Å². The molecule has 0 saturated heterocycles. The lowest BCUT2D eigenvalue weighted by atomic mass is 10.0. The first-order valence-corrected chi connectivity index (χ1v) is 9.22. The average molecular weight is 401 g/mol. The zero-order valence-electron chi connectivity index (χ0n) is 16.2. The number of ether oxygens (including phenoxy) is 2. The van der Waals surface area contributed by atoms with E-state index in [4.69, 9.17) is 16.7 Å². The molecule has 2 aromatic carbocycles. The molecule has 2 rings (SSSR count). The number of unbranched alkanes of at least 4 members (excludes halogenated alkanes) is 3. The van der Waals surface area contributed by atoms with Crippen LogP contribution in [0.4, 0.5) is 9.59 Å². The third-order valence-corrected chi connectivity index (χ3v) is 3.72. The van der Waals surface area contributed by atoms with Crippen LogP contribution in [0.2, 0.25) is 0 Å². The Morgan fingerprint density at radius 1 is 0.724 bits per heavy atom. The molecule has 5 N–H and O–H groups in total. The first-order valence-electron chi connectivity index (χ1n) is 9.22. The molecular formula is C21H27N3O5. The standard InChI is InChI=1S/C13H11NO.C8H16N2O4/c15-14-13(11-7-3-1-4-8-11)12-9-5-2-6-10-12;9-7(11)13-5-3-1-2-4-6-14-8(10)12/h1-10,15H;1-6H2,(H2,9,11)(H2,10,12). The molecule has 29 heavy (non-hydrogen) atoms. The van der Waals surface area contributed by atoms with Gasteiger partial charge in [-0.2, -0.15) is 0 Å². The van der Waals surface area contributed by atoms with Crippen LogP contribution in [0.1, 0.15) is 36.8 Å². The largest absolute Gasteiger partial charge is 0.450 e. The smallest absolute Gasteiger partial charge is 0.404 e. The van der Waals surface area contributed by atoms with Gasteiger partial charge in [0.15, 0.2) is 0 Å². The SMILES string of the molecule is NC(=O)OCCCCCCOC(N)=O.ON=C(c1ccccc1)c1ccccc1. The van der Waals surface area contributed by atoms with Crippen LogP contribution in [0, 0.1) is 0 Å². The molecule has 8 nitrogen and oxygen atoms in total. The number of amides is 2. The Bertz CT molecular complexity index is 690. The molecule has 156 valence electrons. The third-order valence-electron chi connectivity index (χ3n) is 3.72. The first-order chi connectivity index (χ1) is 14.0. The van der Waals surface area contributed by atoms with Crippen LogP contribution in [0.15, 0.2) is 65.8 Å². The van der Waals surface area contributed by atoms with E-state index < -0.39 is 12.2 Å². The monoisotopic (exact) mass is 401 g/mol. The Kier molecular flexibility index (Phi) is 11.7. The Hall–Kier alpha value is -3.55. The first kappa shape index (κ1) is 23.5. The van der Waals surface area contributed by atoms with E-state index >= 15 is 0 Å². The van der Waals surface area contributed by atoms with Crippen LogP contribution in [0.25, 0.3) is 0 Å². The summed E-state index contributed by atoms with van der Waals surface area (Å²) < 4.78 is 9.04. The number of carbonyl (C=O) groups is 2. The maximum atomic E-state index is 10.1. The van der Waals surface area contributed by atoms with Gasteiger partial charge in [-0.1, -0.05) is 65.8 Å². The maximum Gasteiger partial charge on any atom is 0.404 e. The zero-order chi connectivity index (χ0) is 21.3. The van der Waals surface area contributed by atoms with E-state index in [0.717, 1.165) is 36.8 Å². The number of nitrogens with two attached hydrogens (primary N) is 2. The summed E-state index contributed by atoms with van der Waals surface area (Å²) in [4.78, 5) is 20.3. The van der Waals surface area contributed by atoms with Gasteiger partial charge >= 0.3 is 12.2 Å². The van der Waals surface area contributed by atoms with Gasteiger partial charge < -0.3 is 26.1 Å². The van der Waals surface area contributed by atoms with Gasteiger partial charge in [0.05, 0.1) is 13.2 Å². The van der Waals surface area contributed by atoms with Crippen molar-refractivity contribution in [3.63, 3.8) is 0 Å². The van der Waals surface area contributed by atoms with Crippen molar-refractivity contribution in [1.82, 2.24) is 0 Å². The second-order valence-electron chi connectivity index (χ2n) is 5.93. The van der Waals surface area contributed by atoms with E-state index in [2.05, 4.69) is 14.6 Å². The van der Waals surface area contributed by atoms with Crippen molar-refractivity contribution < 1.29 is 24.3 Å². The minimum atomic E-state index is -0.748. The molecule has 0 fully saturated rings. The highest BCUT2D eigenvalue weighted by Gasteiger charge is 2.05. The molecule has 0 spiro atoms. The molecule has 0 saturated carbocycles. The molecule has 0 aliphatic carbocycles. The quantitative estimate of drug-likeness (QED) is 0.255. The Morgan fingerprint density at radius 3 is 1.41 bits per heavy atom. The summed E-state index contributed by atoms with van der Waals surface area (Å²) in [7, 11) is 0. The lowest BCUT2D eigenvalue weighted by molar-refractivity contribution is 0.148. The summed E-state index contributed by atoms with van der Waals surface area (Å²) in [5, 5.41) is 12.4. The maximum absolute atomic E-state index is 10.1. The van der Waals surface area contributed by atoms with Crippen LogP contribution < -0.4 is 11.5 Å². The van der Waals surface area contributed by atoms with Crippen molar-refractivity contribution in [1.29, 1.82) is 0 Å². The van der Waals surface area contributed by atoms with Gasteiger partial charge in [0.25, 0.3) is 0 Å². The van der Waals surface area contributed by atoms with Crippen LogP contribution >= 0.6 is 0 Å². The number of carbonyl (C=O) groups excluding carboxylic acids is 2. The molecule has 0 unspecified atom stereocenters. The van der Waals surface area contributed by atoms with Crippen molar-refractivity contribution in [2.45, 2.75) is 25.7 Å². The summed E-state index contributed by atoms with van der Waals surface area (Å²) >= 11 is 0. The van der Waals surface area contributed by atoms with Crippen LogP contribution in [-0.2, 0) is 9.47 Å². The van der Waals surface area contributed by atoms with Gasteiger partial charge in [0.1, 0.15) is 5.71 Å². The van der Waals surface area contributed by atoms with Crippen molar-refractivity contribution in [2.24, 2.45) is 16.6 Å². The highest BCUT2D eigenvalue weighted by Crippen LogP contribution is 2.10. The van der Waals surface area contributed by atoms with Crippen LogP contribution in [0.5, 0.6) is 0 Å². The van der Waals surface area contributed by atoms with Crippen molar-refractivity contribution in [3.8, 4) is 0 Å². The Morgan fingerprint density at radius 2 is 1.10 bits per heavy atom. The van der Waals surface area contributed by atoms with Crippen molar-refractivity contribution in [2.75, 3.05) is 13.2 Å². The molecule has 0 radical (unpaired) electrons. The lowest BCUT2D eigenvalue weighted by Gasteiger charge is -2.03. The molecule has 0 heterocycles. The van der Waals surface area contributed by atoms with E-state index in [-0.39, 0.29) is 0 Å². The molecule has 0 atom stereocenters. The minimum Gasteiger partial charge on any atom is -0.450 e. The number of hydrogen-bond acceptors (Lipinski definition) is 6. The van der Waals surface area contributed by atoms with E-state index in [1.165, 1.54) is 0 Å². The zero-order valence-corrected chi connectivity index (χ0v) is 16.2. The normalized spacial score (nSPS) is 9.52. The molecule has 0 aliphatic heterocycles. The van der Waals surface area contributed by atoms with E-state index in [9.17, 15) is 9.59 Å². The molecule has 2 aromatic rings. The number of oxime groups is 1. The lowest BCUT2D eigenvalue weighted by Crippen LogP contribution is -2.14. The number of benzene rings is 2. The van der Waals surface area contributed by atoms with Gasteiger partial charge in [-0.15, -0.1) is 0 Å². The Labute approximate surface area is 170 Å². The number of nitrogens with zero attached hydrogens (tertiary/aromatic N) is 1. The topological polar surface area (TPSA) is 137 Å². The highest BCUT2D eigenvalue weighted by atomic mass is 16.5. The molecular weight excluding hydrogens is 374 g/mol. The highest BCUT2D eigenvalue weighted by molar-refractivity contribution is 6.12. The summed E-state index contributed by atoms with van der Waals surface area (Å²) in [6.07, 6.45) is 1.83.